The maximum absolute atomic E-state index is 12.2. The number of nitrogens with zero attached hydrogens (tertiary/aromatic N) is 2. The lowest BCUT2D eigenvalue weighted by atomic mass is 10.2. The van der Waals surface area contributed by atoms with Gasteiger partial charge in [-0.1, -0.05) is 29.8 Å². The maximum atomic E-state index is 12.2. The molecule has 0 unspecified atom stereocenters. The molecule has 0 spiro atoms. The highest BCUT2D eigenvalue weighted by Gasteiger charge is 2.11. The summed E-state index contributed by atoms with van der Waals surface area (Å²) in [4.78, 5) is 16.2. The molecule has 0 fully saturated rings. The van der Waals surface area contributed by atoms with Crippen LogP contribution in [0.1, 0.15) is 17.1 Å². The molecule has 7 heteroatoms. The predicted molar refractivity (Wildman–Crippen MR) is 104 cm³/mol. The van der Waals surface area contributed by atoms with Gasteiger partial charge in [-0.2, -0.15) is 5.26 Å². The number of para-hydroxylation sites is 1. The molecule has 3 aromatic rings. The van der Waals surface area contributed by atoms with Crippen molar-refractivity contribution in [3.63, 3.8) is 0 Å². The Hall–Kier alpha value is -3.56. The minimum atomic E-state index is -0.489. The Kier molecular flexibility index (Phi) is 6.45. The molecule has 0 aliphatic carbocycles. The van der Waals surface area contributed by atoms with E-state index in [0.717, 1.165) is 5.56 Å². The molecule has 2 aromatic heterocycles. The van der Waals surface area contributed by atoms with Gasteiger partial charge >= 0.3 is 0 Å². The summed E-state index contributed by atoms with van der Waals surface area (Å²) in [5, 5.41) is 12.5. The first-order valence-electron chi connectivity index (χ1n) is 8.40. The SMILES string of the molecule is N#C/C(=C/c1ccc(COc2ccccc2Cl)o1)C(=O)NCc1cccnc1. The predicted octanol–water partition coefficient (Wildman–Crippen LogP) is 4.13. The number of halogens is 1. The number of furan rings is 1. The zero-order valence-electron chi connectivity index (χ0n) is 14.8. The number of nitriles is 1. The molecule has 28 heavy (non-hydrogen) atoms. The third-order valence-corrected chi connectivity index (χ3v) is 4.03. The summed E-state index contributed by atoms with van der Waals surface area (Å²) in [5.74, 6) is 0.979. The van der Waals surface area contributed by atoms with E-state index in [0.29, 0.717) is 22.3 Å². The van der Waals surface area contributed by atoms with Gasteiger partial charge in [0, 0.05) is 25.0 Å². The number of carbonyl (C=O) groups excluding carboxylic acids is 1. The number of amides is 1. The Labute approximate surface area is 167 Å². The van der Waals surface area contributed by atoms with Crippen LogP contribution in [0.2, 0.25) is 5.02 Å². The number of rotatable bonds is 7. The van der Waals surface area contributed by atoms with E-state index in [4.69, 9.17) is 20.8 Å². The van der Waals surface area contributed by atoms with Gasteiger partial charge in [-0.05, 0) is 35.9 Å². The lowest BCUT2D eigenvalue weighted by Gasteiger charge is -2.05. The number of hydrogen-bond acceptors (Lipinski definition) is 5. The van der Waals surface area contributed by atoms with Crippen LogP contribution in [-0.2, 0) is 17.9 Å². The van der Waals surface area contributed by atoms with Crippen LogP contribution in [0.3, 0.4) is 0 Å². The number of ether oxygens (including phenoxy) is 1. The third-order valence-electron chi connectivity index (χ3n) is 3.72. The van der Waals surface area contributed by atoms with Crippen LogP contribution >= 0.6 is 11.6 Å². The van der Waals surface area contributed by atoms with E-state index in [1.54, 1.807) is 42.7 Å². The summed E-state index contributed by atoms with van der Waals surface area (Å²) in [6.07, 6.45) is 4.68. The average molecular weight is 394 g/mol. The molecule has 0 radical (unpaired) electrons. The average Bonchev–Trinajstić information content (AvgIpc) is 3.18. The van der Waals surface area contributed by atoms with Gasteiger partial charge in [-0.3, -0.25) is 9.78 Å². The van der Waals surface area contributed by atoms with Gasteiger partial charge in [-0.25, -0.2) is 0 Å². The molecular formula is C21H16ClN3O3. The van der Waals surface area contributed by atoms with E-state index in [1.165, 1.54) is 6.08 Å². The largest absolute Gasteiger partial charge is 0.484 e. The number of hydrogen-bond donors (Lipinski definition) is 1. The Morgan fingerprint density at radius 3 is 2.86 bits per heavy atom. The Balaban J connectivity index is 1.60. The van der Waals surface area contributed by atoms with E-state index in [-0.39, 0.29) is 18.7 Å². The Morgan fingerprint density at radius 1 is 1.25 bits per heavy atom. The highest BCUT2D eigenvalue weighted by molar-refractivity contribution is 6.32. The summed E-state index contributed by atoms with van der Waals surface area (Å²) < 4.78 is 11.2. The van der Waals surface area contributed by atoms with Crippen LogP contribution in [0.25, 0.3) is 6.08 Å². The topological polar surface area (TPSA) is 88.1 Å². The molecule has 3 rings (SSSR count). The minimum Gasteiger partial charge on any atom is -0.484 e. The van der Waals surface area contributed by atoms with Crippen LogP contribution in [0, 0.1) is 11.3 Å². The van der Waals surface area contributed by atoms with Gasteiger partial charge < -0.3 is 14.5 Å². The van der Waals surface area contributed by atoms with Crippen molar-refractivity contribution < 1.29 is 13.9 Å². The highest BCUT2D eigenvalue weighted by atomic mass is 35.5. The summed E-state index contributed by atoms with van der Waals surface area (Å²) >= 11 is 6.04. The lowest BCUT2D eigenvalue weighted by molar-refractivity contribution is -0.117. The second-order valence-corrected chi connectivity index (χ2v) is 6.14. The molecule has 0 aliphatic heterocycles. The fraction of sp³-hybridized carbons (Fsp3) is 0.0952. The van der Waals surface area contributed by atoms with E-state index < -0.39 is 5.91 Å². The monoisotopic (exact) mass is 393 g/mol. The maximum Gasteiger partial charge on any atom is 0.262 e. The Morgan fingerprint density at radius 2 is 2.11 bits per heavy atom. The summed E-state index contributed by atoms with van der Waals surface area (Å²) in [6, 6.07) is 16.0. The van der Waals surface area contributed by atoms with Crippen molar-refractivity contribution >= 4 is 23.6 Å². The van der Waals surface area contributed by atoms with E-state index in [9.17, 15) is 10.1 Å². The van der Waals surface area contributed by atoms with Crippen LogP contribution in [0.4, 0.5) is 0 Å². The molecule has 1 N–H and O–H groups in total. The zero-order chi connectivity index (χ0) is 19.8. The first-order chi connectivity index (χ1) is 13.7. The smallest absolute Gasteiger partial charge is 0.262 e. The summed E-state index contributed by atoms with van der Waals surface area (Å²) in [6.45, 7) is 0.452. The van der Waals surface area contributed by atoms with Crippen molar-refractivity contribution in [2.24, 2.45) is 0 Å². The first-order valence-corrected chi connectivity index (χ1v) is 8.78. The quantitative estimate of drug-likeness (QED) is 0.481. The van der Waals surface area contributed by atoms with E-state index in [2.05, 4.69) is 10.3 Å². The number of carbonyl (C=O) groups is 1. The van der Waals surface area contributed by atoms with Crippen molar-refractivity contribution in [2.45, 2.75) is 13.2 Å². The van der Waals surface area contributed by atoms with E-state index in [1.807, 2.05) is 24.3 Å². The van der Waals surface area contributed by atoms with Gasteiger partial charge in [0.05, 0.1) is 5.02 Å². The van der Waals surface area contributed by atoms with E-state index >= 15 is 0 Å². The van der Waals surface area contributed by atoms with Crippen LogP contribution in [-0.4, -0.2) is 10.9 Å². The molecule has 0 saturated carbocycles. The van der Waals surface area contributed by atoms with Crippen molar-refractivity contribution in [1.29, 1.82) is 5.26 Å². The second-order valence-electron chi connectivity index (χ2n) is 5.74. The van der Waals surface area contributed by atoms with Gasteiger partial charge in [0.25, 0.3) is 5.91 Å². The number of benzene rings is 1. The Bertz CT molecular complexity index is 1020. The summed E-state index contributed by atoms with van der Waals surface area (Å²) in [7, 11) is 0. The van der Waals surface area contributed by atoms with Crippen molar-refractivity contribution in [3.8, 4) is 11.8 Å². The van der Waals surface area contributed by atoms with Gasteiger partial charge in [-0.15, -0.1) is 0 Å². The normalized spacial score (nSPS) is 10.9. The van der Waals surface area contributed by atoms with Crippen molar-refractivity contribution in [2.75, 3.05) is 0 Å². The number of nitrogens with one attached hydrogen (secondary N) is 1. The molecule has 2 heterocycles. The zero-order valence-corrected chi connectivity index (χ0v) is 15.5. The number of pyridine rings is 1. The van der Waals surface area contributed by atoms with Gasteiger partial charge in [0.1, 0.15) is 35.5 Å². The third kappa shape index (κ3) is 5.22. The summed E-state index contributed by atoms with van der Waals surface area (Å²) in [5.41, 5.74) is 0.780. The second kappa shape index (κ2) is 9.40. The molecule has 1 amide bonds. The molecule has 0 atom stereocenters. The molecule has 140 valence electrons. The van der Waals surface area contributed by atoms with Gasteiger partial charge in [0.15, 0.2) is 0 Å². The molecule has 1 aromatic carbocycles. The van der Waals surface area contributed by atoms with Crippen LogP contribution < -0.4 is 10.1 Å². The molecule has 6 nitrogen and oxygen atoms in total. The lowest BCUT2D eigenvalue weighted by Crippen LogP contribution is -2.23. The van der Waals surface area contributed by atoms with Crippen molar-refractivity contribution in [3.05, 3.63) is 88.6 Å². The minimum absolute atomic E-state index is 0.0585. The number of aromatic nitrogens is 1. The molecule has 0 saturated heterocycles. The molecule has 0 aliphatic rings. The van der Waals surface area contributed by atoms with Crippen LogP contribution in [0.5, 0.6) is 5.75 Å². The standard InChI is InChI=1S/C21H16ClN3O3/c22-19-5-1-2-6-20(19)27-14-18-8-7-17(28-18)10-16(11-23)21(26)25-13-15-4-3-9-24-12-15/h1-10,12H,13-14H2,(H,25,26)/b16-10-. The highest BCUT2D eigenvalue weighted by Crippen LogP contribution is 2.24. The fourth-order valence-corrected chi connectivity index (χ4v) is 2.52. The molecule has 0 bridgehead atoms. The van der Waals surface area contributed by atoms with Crippen LogP contribution in [0.15, 0.2) is 70.9 Å². The van der Waals surface area contributed by atoms with Crippen molar-refractivity contribution in [1.82, 2.24) is 10.3 Å². The first kappa shape index (κ1) is 19.2. The molecular weight excluding hydrogens is 378 g/mol. The van der Waals surface area contributed by atoms with Gasteiger partial charge in [0.2, 0.25) is 0 Å². The fourth-order valence-electron chi connectivity index (χ4n) is 2.33.